The molecule has 0 saturated heterocycles. The first kappa shape index (κ1) is 23.7. The quantitative estimate of drug-likeness (QED) is 0.335. The minimum atomic E-state index is -4.73. The van der Waals surface area contributed by atoms with E-state index < -0.39 is 6.36 Å². The first-order valence-corrected chi connectivity index (χ1v) is 12.0. The molecule has 0 heterocycles. The monoisotopic (exact) mass is 458 g/mol. The third-order valence-corrected chi connectivity index (χ3v) is 7.24. The van der Waals surface area contributed by atoms with Gasteiger partial charge in [-0.2, -0.15) is 0 Å². The molecule has 176 valence electrons. The fraction of sp³-hybridized carbons (Fsp3) is 0.500. The van der Waals surface area contributed by atoms with Crippen LogP contribution >= 0.6 is 0 Å². The molecule has 2 aromatic rings. The minimum absolute atomic E-state index is 0.304. The van der Waals surface area contributed by atoms with Crippen LogP contribution in [0.2, 0.25) is 0 Å². The molecule has 1 nitrogen and oxygen atoms in total. The van der Waals surface area contributed by atoms with Crippen LogP contribution in [0.1, 0.15) is 74.1 Å². The Bertz CT molecular complexity index is 1010. The summed E-state index contributed by atoms with van der Waals surface area (Å²) < 4.78 is 55.5. The second-order valence-corrected chi connectivity index (χ2v) is 9.50. The number of alkyl halides is 3. The molecular weight excluding hydrogens is 428 g/mol. The van der Waals surface area contributed by atoms with E-state index in [9.17, 15) is 17.6 Å². The third-order valence-electron chi connectivity index (χ3n) is 7.24. The zero-order valence-electron chi connectivity index (χ0n) is 19.0. The van der Waals surface area contributed by atoms with E-state index in [1.165, 1.54) is 68.4 Å². The van der Waals surface area contributed by atoms with Crippen LogP contribution < -0.4 is 4.74 Å². The van der Waals surface area contributed by atoms with Crippen molar-refractivity contribution in [1.29, 1.82) is 0 Å². The summed E-state index contributed by atoms with van der Waals surface area (Å²) in [6, 6.07) is 8.78. The normalized spacial score (nSPS) is 22.8. The Morgan fingerprint density at radius 1 is 0.909 bits per heavy atom. The molecule has 2 aliphatic carbocycles. The SMILES string of the molecule is CCCC1CCC(C2CCc3cc(C#Cc4ccc(OC(F)(F)F)cc4)c(F)cc3C2)CC1. The van der Waals surface area contributed by atoms with Crippen molar-refractivity contribution in [3.05, 3.63) is 64.5 Å². The van der Waals surface area contributed by atoms with Gasteiger partial charge in [-0.25, -0.2) is 4.39 Å². The van der Waals surface area contributed by atoms with E-state index in [4.69, 9.17) is 0 Å². The van der Waals surface area contributed by atoms with Crippen molar-refractivity contribution in [2.75, 3.05) is 0 Å². The van der Waals surface area contributed by atoms with Gasteiger partial charge in [-0.1, -0.05) is 44.4 Å². The van der Waals surface area contributed by atoms with Crippen LogP contribution in [0.25, 0.3) is 0 Å². The van der Waals surface area contributed by atoms with Crippen LogP contribution in [0.4, 0.5) is 17.6 Å². The van der Waals surface area contributed by atoms with E-state index in [2.05, 4.69) is 23.5 Å². The van der Waals surface area contributed by atoms with Gasteiger partial charge >= 0.3 is 6.36 Å². The Hall–Kier alpha value is -2.48. The predicted octanol–water partition coefficient (Wildman–Crippen LogP) is 7.84. The molecule has 1 unspecified atom stereocenters. The summed E-state index contributed by atoms with van der Waals surface area (Å²) in [5.41, 5.74) is 3.12. The second-order valence-electron chi connectivity index (χ2n) is 9.50. The van der Waals surface area contributed by atoms with Crippen LogP contribution in [0.3, 0.4) is 0 Å². The van der Waals surface area contributed by atoms with E-state index in [1.54, 1.807) is 6.07 Å². The molecule has 4 rings (SSSR count). The van der Waals surface area contributed by atoms with Crippen LogP contribution in [-0.4, -0.2) is 6.36 Å². The number of fused-ring (bicyclic) bond motifs is 1. The molecule has 2 aromatic carbocycles. The van der Waals surface area contributed by atoms with Crippen LogP contribution in [-0.2, 0) is 12.8 Å². The summed E-state index contributed by atoms with van der Waals surface area (Å²) in [7, 11) is 0. The van der Waals surface area contributed by atoms with Crippen molar-refractivity contribution in [1.82, 2.24) is 0 Å². The molecule has 0 N–H and O–H groups in total. The zero-order valence-corrected chi connectivity index (χ0v) is 19.0. The molecule has 33 heavy (non-hydrogen) atoms. The number of hydrogen-bond acceptors (Lipinski definition) is 1. The van der Waals surface area contributed by atoms with Gasteiger partial charge in [-0.3, -0.25) is 0 Å². The number of benzene rings is 2. The summed E-state index contributed by atoms with van der Waals surface area (Å²) in [5, 5.41) is 0. The third kappa shape index (κ3) is 6.31. The minimum Gasteiger partial charge on any atom is -0.406 e. The lowest BCUT2D eigenvalue weighted by Crippen LogP contribution is -2.26. The Morgan fingerprint density at radius 3 is 2.30 bits per heavy atom. The largest absolute Gasteiger partial charge is 0.573 e. The van der Waals surface area contributed by atoms with Crippen molar-refractivity contribution in [2.45, 2.75) is 71.1 Å². The van der Waals surface area contributed by atoms with Gasteiger partial charge in [-0.05, 0) is 97.4 Å². The van der Waals surface area contributed by atoms with Crippen molar-refractivity contribution >= 4 is 0 Å². The lowest BCUT2D eigenvalue weighted by atomic mass is 9.69. The fourth-order valence-corrected chi connectivity index (χ4v) is 5.54. The lowest BCUT2D eigenvalue weighted by Gasteiger charge is -2.36. The smallest absolute Gasteiger partial charge is 0.406 e. The topological polar surface area (TPSA) is 9.23 Å². The van der Waals surface area contributed by atoms with Crippen LogP contribution in [0.15, 0.2) is 36.4 Å². The van der Waals surface area contributed by atoms with Crippen LogP contribution in [0.5, 0.6) is 5.75 Å². The molecule has 0 aliphatic heterocycles. The number of rotatable bonds is 4. The predicted molar refractivity (Wildman–Crippen MR) is 121 cm³/mol. The van der Waals surface area contributed by atoms with Gasteiger partial charge in [0.15, 0.2) is 0 Å². The first-order valence-electron chi connectivity index (χ1n) is 12.0. The van der Waals surface area contributed by atoms with E-state index in [0.29, 0.717) is 17.0 Å². The second kappa shape index (κ2) is 10.2. The van der Waals surface area contributed by atoms with Crippen molar-refractivity contribution in [3.8, 4) is 17.6 Å². The number of hydrogen-bond donors (Lipinski definition) is 0. The average Bonchev–Trinajstić information content (AvgIpc) is 2.78. The first-order chi connectivity index (χ1) is 15.8. The van der Waals surface area contributed by atoms with Crippen molar-refractivity contribution < 1.29 is 22.3 Å². The molecule has 1 saturated carbocycles. The highest BCUT2D eigenvalue weighted by Crippen LogP contribution is 2.41. The Balaban J connectivity index is 1.41. The maximum atomic E-state index is 14.8. The van der Waals surface area contributed by atoms with Crippen molar-refractivity contribution in [2.24, 2.45) is 17.8 Å². The van der Waals surface area contributed by atoms with E-state index >= 15 is 0 Å². The molecule has 0 amide bonds. The molecule has 5 heteroatoms. The zero-order chi connectivity index (χ0) is 23.4. The summed E-state index contributed by atoms with van der Waals surface area (Å²) >= 11 is 0. The van der Waals surface area contributed by atoms with Gasteiger partial charge in [0.05, 0.1) is 5.56 Å². The molecule has 0 bridgehead atoms. The molecule has 0 spiro atoms. The molecular formula is C28H30F4O. The standard InChI is InChI=1S/C28H30F4O/c1-2-3-19-4-9-21(10-5-19)22-12-13-23-16-24(27(29)18-25(23)17-22)11-6-20-7-14-26(15-8-20)33-28(30,31)32/h7-8,14-16,18-19,21-22H,2-5,9-10,12-13,17H2,1H3. The number of aryl methyl sites for hydroxylation is 1. The number of ether oxygens (including phenoxy) is 1. The Kier molecular flexibility index (Phi) is 7.32. The number of halogens is 4. The Labute approximate surface area is 193 Å². The average molecular weight is 459 g/mol. The molecule has 2 aliphatic rings. The fourth-order valence-electron chi connectivity index (χ4n) is 5.54. The van der Waals surface area contributed by atoms with Gasteiger partial charge in [0.25, 0.3) is 0 Å². The summed E-state index contributed by atoms with van der Waals surface area (Å²) in [6.45, 7) is 2.26. The summed E-state index contributed by atoms with van der Waals surface area (Å²) in [4.78, 5) is 0. The van der Waals surface area contributed by atoms with E-state index in [1.807, 2.05) is 6.07 Å². The molecule has 1 atom stereocenters. The van der Waals surface area contributed by atoms with E-state index in [0.717, 1.165) is 36.7 Å². The van der Waals surface area contributed by atoms with Gasteiger partial charge < -0.3 is 4.74 Å². The maximum absolute atomic E-state index is 14.8. The highest BCUT2D eigenvalue weighted by Gasteiger charge is 2.31. The van der Waals surface area contributed by atoms with Gasteiger partial charge in [0.2, 0.25) is 0 Å². The summed E-state index contributed by atoms with van der Waals surface area (Å²) in [6.07, 6.45) is 6.24. The highest BCUT2D eigenvalue weighted by molar-refractivity contribution is 5.48. The summed E-state index contributed by atoms with van der Waals surface area (Å²) in [5.74, 6) is 7.37. The van der Waals surface area contributed by atoms with Crippen molar-refractivity contribution in [3.63, 3.8) is 0 Å². The highest BCUT2D eigenvalue weighted by atomic mass is 19.4. The van der Waals surface area contributed by atoms with Gasteiger partial charge in [0.1, 0.15) is 11.6 Å². The molecule has 1 fully saturated rings. The van der Waals surface area contributed by atoms with Gasteiger partial charge in [-0.15, -0.1) is 13.2 Å². The van der Waals surface area contributed by atoms with E-state index in [-0.39, 0.29) is 11.6 Å². The molecule has 0 radical (unpaired) electrons. The van der Waals surface area contributed by atoms with Gasteiger partial charge in [0, 0.05) is 5.56 Å². The Morgan fingerprint density at radius 2 is 1.64 bits per heavy atom. The van der Waals surface area contributed by atoms with Crippen LogP contribution in [0, 0.1) is 35.4 Å². The molecule has 0 aromatic heterocycles. The lowest BCUT2D eigenvalue weighted by molar-refractivity contribution is -0.274. The maximum Gasteiger partial charge on any atom is 0.573 e.